The number of nitrogens with zero attached hydrogens (tertiary/aromatic N) is 1. The van der Waals surface area contributed by atoms with Crippen molar-refractivity contribution in [2.24, 2.45) is 0 Å². The standard InChI is InChI=1S/C69H133N2O6P/c1-6-8-10-12-14-16-18-20-22-24-26-28-30-31-32-33-34-35-36-37-38-39-41-43-45-47-49-51-53-55-57-59-61-63-69(73)70-67(66-77-78(74,75)76-65-64-71(3,4)5)68(72)62-60-58-56-54-52-50-48-46-44-42-40-29-27-25-23-21-19-17-15-13-11-9-7-2/h18,20,24,26,52,54,60,62,67-68,72H,6-17,19,21-23,25,27-51,53,55-59,61,63-66H2,1-5H3,(H-,70,73,74,75)/b20-18-,26-24-,54-52+,62-60+. The van der Waals surface area contributed by atoms with Crippen molar-refractivity contribution in [3.8, 4) is 0 Å². The highest BCUT2D eigenvalue weighted by molar-refractivity contribution is 7.45. The Morgan fingerprint density at radius 2 is 0.756 bits per heavy atom. The van der Waals surface area contributed by atoms with Gasteiger partial charge >= 0.3 is 0 Å². The Bertz CT molecular complexity index is 1410. The lowest BCUT2D eigenvalue weighted by Gasteiger charge is -2.29. The van der Waals surface area contributed by atoms with Crippen molar-refractivity contribution in [1.82, 2.24) is 5.32 Å². The smallest absolute Gasteiger partial charge is 0.268 e. The zero-order chi connectivity index (χ0) is 57.0. The number of carbonyl (C=O) groups is 1. The second kappa shape index (κ2) is 60.1. The molecule has 460 valence electrons. The van der Waals surface area contributed by atoms with Crippen LogP contribution in [0.2, 0.25) is 0 Å². The maximum Gasteiger partial charge on any atom is 0.268 e. The second-order valence-electron chi connectivity index (χ2n) is 24.5. The third-order valence-corrected chi connectivity index (χ3v) is 16.5. The van der Waals surface area contributed by atoms with Gasteiger partial charge in [-0.05, 0) is 64.2 Å². The molecule has 0 rings (SSSR count). The molecule has 78 heavy (non-hydrogen) atoms. The van der Waals surface area contributed by atoms with E-state index in [2.05, 4.69) is 55.6 Å². The van der Waals surface area contributed by atoms with E-state index in [9.17, 15) is 19.4 Å². The summed E-state index contributed by atoms with van der Waals surface area (Å²) in [5.74, 6) is -0.201. The van der Waals surface area contributed by atoms with E-state index < -0.39 is 20.0 Å². The van der Waals surface area contributed by atoms with E-state index in [1.165, 1.54) is 270 Å². The van der Waals surface area contributed by atoms with E-state index >= 15 is 0 Å². The lowest BCUT2D eigenvalue weighted by molar-refractivity contribution is -0.870. The van der Waals surface area contributed by atoms with Gasteiger partial charge < -0.3 is 28.8 Å². The average Bonchev–Trinajstić information content (AvgIpc) is 3.41. The monoisotopic (exact) mass is 1120 g/mol. The van der Waals surface area contributed by atoms with Gasteiger partial charge in [0, 0.05) is 6.42 Å². The van der Waals surface area contributed by atoms with Gasteiger partial charge in [0.15, 0.2) is 0 Å². The molecule has 0 saturated carbocycles. The van der Waals surface area contributed by atoms with Crippen molar-refractivity contribution in [3.63, 3.8) is 0 Å². The number of unbranched alkanes of at least 4 members (excludes halogenated alkanes) is 44. The van der Waals surface area contributed by atoms with Crippen LogP contribution in [0.25, 0.3) is 0 Å². The predicted octanol–water partition coefficient (Wildman–Crippen LogP) is 20.8. The molecule has 1 amide bonds. The van der Waals surface area contributed by atoms with Crippen LogP contribution in [0.3, 0.4) is 0 Å². The van der Waals surface area contributed by atoms with Crippen LogP contribution in [-0.4, -0.2) is 68.5 Å². The van der Waals surface area contributed by atoms with Crippen LogP contribution in [-0.2, 0) is 18.4 Å². The molecule has 0 aromatic rings. The van der Waals surface area contributed by atoms with Crippen LogP contribution < -0.4 is 10.2 Å². The first-order valence-electron chi connectivity index (χ1n) is 34.0. The highest BCUT2D eigenvalue weighted by Crippen LogP contribution is 2.38. The van der Waals surface area contributed by atoms with Crippen molar-refractivity contribution in [2.45, 2.75) is 347 Å². The number of amides is 1. The van der Waals surface area contributed by atoms with E-state index in [0.29, 0.717) is 17.4 Å². The number of likely N-dealkylation sites (N-methyl/N-ethyl adjacent to an activating group) is 1. The molecule has 0 aliphatic carbocycles. The van der Waals surface area contributed by atoms with Gasteiger partial charge in [0.25, 0.3) is 7.82 Å². The molecule has 3 unspecified atom stereocenters. The van der Waals surface area contributed by atoms with Gasteiger partial charge in [0.1, 0.15) is 13.2 Å². The van der Waals surface area contributed by atoms with E-state index in [0.717, 1.165) is 44.9 Å². The minimum atomic E-state index is -4.61. The molecular weight excluding hydrogens is 984 g/mol. The Balaban J connectivity index is 4.07. The zero-order valence-corrected chi connectivity index (χ0v) is 53.5. The molecule has 2 N–H and O–H groups in total. The molecule has 9 heteroatoms. The molecule has 0 aromatic heterocycles. The van der Waals surface area contributed by atoms with Gasteiger partial charge in [-0.25, -0.2) is 0 Å². The summed E-state index contributed by atoms with van der Waals surface area (Å²) in [6.07, 6.45) is 80.9. The van der Waals surface area contributed by atoms with Crippen LogP contribution in [0.1, 0.15) is 335 Å². The number of aliphatic hydroxyl groups is 1. The van der Waals surface area contributed by atoms with E-state index in [1.54, 1.807) is 6.08 Å². The number of nitrogens with one attached hydrogen (secondary N) is 1. The topological polar surface area (TPSA) is 108 Å². The number of hydrogen-bond donors (Lipinski definition) is 2. The van der Waals surface area contributed by atoms with Crippen LogP contribution in [0.4, 0.5) is 0 Å². The van der Waals surface area contributed by atoms with Crippen LogP contribution >= 0.6 is 7.82 Å². The first-order valence-corrected chi connectivity index (χ1v) is 35.5. The van der Waals surface area contributed by atoms with Gasteiger partial charge in [0.2, 0.25) is 5.91 Å². The maximum absolute atomic E-state index is 13.0. The number of rotatable bonds is 63. The first-order chi connectivity index (χ1) is 38.0. The number of quaternary nitrogens is 1. The van der Waals surface area contributed by atoms with Crippen molar-refractivity contribution in [1.29, 1.82) is 0 Å². The number of phosphoric ester groups is 1. The summed E-state index contributed by atoms with van der Waals surface area (Å²) in [7, 11) is 1.26. The summed E-state index contributed by atoms with van der Waals surface area (Å²) in [5, 5.41) is 13.9. The normalized spacial score (nSPS) is 14.0. The van der Waals surface area contributed by atoms with Crippen LogP contribution in [0.15, 0.2) is 48.6 Å². The molecule has 0 saturated heterocycles. The van der Waals surface area contributed by atoms with Gasteiger partial charge in [-0.2, -0.15) is 0 Å². The molecule has 0 aliphatic heterocycles. The van der Waals surface area contributed by atoms with Crippen molar-refractivity contribution >= 4 is 13.7 Å². The van der Waals surface area contributed by atoms with Crippen molar-refractivity contribution < 1.29 is 32.9 Å². The second-order valence-corrected chi connectivity index (χ2v) is 25.9. The van der Waals surface area contributed by atoms with Crippen molar-refractivity contribution in [3.05, 3.63) is 48.6 Å². The van der Waals surface area contributed by atoms with E-state index in [4.69, 9.17) is 9.05 Å². The Labute approximate surface area is 486 Å². The molecule has 0 heterocycles. The summed E-state index contributed by atoms with van der Waals surface area (Å²) in [5.41, 5.74) is 0. The Morgan fingerprint density at radius 1 is 0.449 bits per heavy atom. The minimum Gasteiger partial charge on any atom is -0.756 e. The predicted molar refractivity (Wildman–Crippen MR) is 339 cm³/mol. The molecule has 0 spiro atoms. The lowest BCUT2D eigenvalue weighted by atomic mass is 10.0. The number of phosphoric acid groups is 1. The first kappa shape index (κ1) is 76.5. The number of carbonyl (C=O) groups excluding carboxylic acids is 1. The molecule has 0 aliphatic rings. The van der Waals surface area contributed by atoms with Gasteiger partial charge in [-0.3, -0.25) is 9.36 Å². The maximum atomic E-state index is 13.0. The highest BCUT2D eigenvalue weighted by Gasteiger charge is 2.23. The van der Waals surface area contributed by atoms with Gasteiger partial charge in [-0.15, -0.1) is 0 Å². The third kappa shape index (κ3) is 62.1. The third-order valence-electron chi connectivity index (χ3n) is 15.5. The van der Waals surface area contributed by atoms with Gasteiger partial charge in [-0.1, -0.05) is 313 Å². The molecular formula is C69H133N2O6P. The molecule has 0 bridgehead atoms. The summed E-state index contributed by atoms with van der Waals surface area (Å²) in [6, 6.07) is -0.904. The van der Waals surface area contributed by atoms with Crippen LogP contribution in [0, 0.1) is 0 Å². The molecule has 0 radical (unpaired) electrons. The lowest BCUT2D eigenvalue weighted by Crippen LogP contribution is -2.45. The Kier molecular flexibility index (Phi) is 58.9. The highest BCUT2D eigenvalue weighted by atomic mass is 31.2. The van der Waals surface area contributed by atoms with Gasteiger partial charge in [0.05, 0.1) is 39.9 Å². The fourth-order valence-electron chi connectivity index (χ4n) is 10.2. The fourth-order valence-corrected chi connectivity index (χ4v) is 10.9. The SMILES string of the molecule is CCCCCCC/C=C\C/C=C\CCCCCCCCCCCCCCCCCCCCCCCC(=O)NC(COP(=O)([O-])OCC[N+](C)(C)C)C(O)/C=C/CC/C=C/CCCCCCCCCCCCCCCCCCC. The fraction of sp³-hybridized carbons (Fsp3) is 0.870. The Hall–Kier alpha value is -1.54. The summed E-state index contributed by atoms with van der Waals surface area (Å²) < 4.78 is 23.4. The molecule has 3 atom stereocenters. The summed E-state index contributed by atoms with van der Waals surface area (Å²) in [6.45, 7) is 4.67. The number of aliphatic hydroxyl groups excluding tert-OH is 1. The quantitative estimate of drug-likeness (QED) is 0.0272. The van der Waals surface area contributed by atoms with E-state index in [-0.39, 0.29) is 19.1 Å². The zero-order valence-electron chi connectivity index (χ0n) is 52.6. The molecule has 8 nitrogen and oxygen atoms in total. The summed E-state index contributed by atoms with van der Waals surface area (Å²) in [4.78, 5) is 25.6. The largest absolute Gasteiger partial charge is 0.756 e. The van der Waals surface area contributed by atoms with E-state index in [1.807, 2.05) is 27.2 Å². The number of hydrogen-bond acceptors (Lipinski definition) is 6. The average molecular weight is 1120 g/mol. The molecule has 0 aromatic carbocycles. The molecule has 0 fully saturated rings. The van der Waals surface area contributed by atoms with Crippen molar-refractivity contribution in [2.75, 3.05) is 40.9 Å². The number of allylic oxidation sites excluding steroid dienone is 7. The Morgan fingerprint density at radius 3 is 1.12 bits per heavy atom. The minimum absolute atomic E-state index is 0.00520. The summed E-state index contributed by atoms with van der Waals surface area (Å²) >= 11 is 0. The van der Waals surface area contributed by atoms with Crippen LogP contribution in [0.5, 0.6) is 0 Å².